The van der Waals surface area contributed by atoms with E-state index in [1.165, 1.54) is 5.56 Å². The van der Waals surface area contributed by atoms with Crippen molar-refractivity contribution in [3.63, 3.8) is 0 Å². The molecule has 0 aliphatic carbocycles. The van der Waals surface area contributed by atoms with Crippen LogP contribution in [-0.2, 0) is 6.54 Å². The predicted molar refractivity (Wildman–Crippen MR) is 84.4 cm³/mol. The molecule has 0 bridgehead atoms. The molecule has 0 atom stereocenters. The first-order valence-corrected chi connectivity index (χ1v) is 7.13. The molecule has 1 heterocycles. The Morgan fingerprint density at radius 1 is 1.00 bits per heavy atom. The standard InChI is InChI=1S/C19H18NO/c1-14-9-10-17(15(2)12-14)19(21)13-20-11-5-7-16-6-3-4-8-18(16)20/h3-12H,13H2,1-2H3/q+1. The van der Waals surface area contributed by atoms with Gasteiger partial charge in [-0.25, -0.2) is 0 Å². The second-order valence-electron chi connectivity index (χ2n) is 5.44. The number of ketones is 1. The highest BCUT2D eigenvalue weighted by atomic mass is 16.1. The third-order valence-corrected chi connectivity index (χ3v) is 3.78. The van der Waals surface area contributed by atoms with E-state index in [0.29, 0.717) is 6.54 Å². The summed E-state index contributed by atoms with van der Waals surface area (Å²) in [7, 11) is 0. The molecule has 0 saturated carbocycles. The monoisotopic (exact) mass is 276 g/mol. The second-order valence-corrected chi connectivity index (χ2v) is 5.44. The van der Waals surface area contributed by atoms with Crippen LogP contribution in [0.15, 0.2) is 60.8 Å². The van der Waals surface area contributed by atoms with Crippen molar-refractivity contribution >= 4 is 16.7 Å². The SMILES string of the molecule is Cc1ccc(C(=O)C[n+]2cccc3ccccc32)c(C)c1. The number of Topliss-reactive ketones (excluding diaryl/α,β-unsaturated/α-hetero) is 1. The third-order valence-electron chi connectivity index (χ3n) is 3.78. The van der Waals surface area contributed by atoms with Gasteiger partial charge < -0.3 is 0 Å². The minimum absolute atomic E-state index is 0.147. The molecule has 0 unspecified atom stereocenters. The summed E-state index contributed by atoms with van der Waals surface area (Å²) in [5.74, 6) is 0.147. The lowest BCUT2D eigenvalue weighted by molar-refractivity contribution is -0.657. The molecule has 0 N–H and O–H groups in total. The Kier molecular flexibility index (Phi) is 3.53. The molecule has 0 amide bonds. The van der Waals surface area contributed by atoms with E-state index in [-0.39, 0.29) is 5.78 Å². The van der Waals surface area contributed by atoms with Gasteiger partial charge in [0, 0.05) is 23.1 Å². The summed E-state index contributed by atoms with van der Waals surface area (Å²) in [6, 6.07) is 18.1. The van der Waals surface area contributed by atoms with Crippen LogP contribution in [0.4, 0.5) is 0 Å². The Hall–Kier alpha value is -2.48. The maximum absolute atomic E-state index is 12.6. The van der Waals surface area contributed by atoms with Crippen molar-refractivity contribution in [2.24, 2.45) is 0 Å². The molecule has 21 heavy (non-hydrogen) atoms. The molecule has 3 aromatic rings. The number of carbonyl (C=O) groups is 1. The van der Waals surface area contributed by atoms with Crippen LogP contribution in [0.3, 0.4) is 0 Å². The van der Waals surface area contributed by atoms with Crippen molar-refractivity contribution in [2.75, 3.05) is 0 Å². The van der Waals surface area contributed by atoms with E-state index in [9.17, 15) is 4.79 Å². The molecule has 2 heteroatoms. The van der Waals surface area contributed by atoms with Crippen LogP contribution in [-0.4, -0.2) is 5.78 Å². The molecule has 2 nitrogen and oxygen atoms in total. The fourth-order valence-corrected chi connectivity index (χ4v) is 2.73. The number of para-hydroxylation sites is 1. The molecular formula is C19H18NO+. The second kappa shape index (κ2) is 5.49. The molecule has 1 aromatic heterocycles. The Bertz CT molecular complexity index is 815. The minimum Gasteiger partial charge on any atom is -0.287 e. The lowest BCUT2D eigenvalue weighted by Gasteiger charge is -2.05. The first-order valence-electron chi connectivity index (χ1n) is 7.13. The number of aromatic nitrogens is 1. The largest absolute Gasteiger partial charge is 0.287 e. The van der Waals surface area contributed by atoms with Gasteiger partial charge in [-0.05, 0) is 31.5 Å². The molecule has 0 saturated heterocycles. The highest BCUT2D eigenvalue weighted by Crippen LogP contribution is 2.12. The van der Waals surface area contributed by atoms with Crippen molar-refractivity contribution in [1.29, 1.82) is 0 Å². The highest BCUT2D eigenvalue weighted by Gasteiger charge is 2.16. The van der Waals surface area contributed by atoms with Crippen molar-refractivity contribution in [1.82, 2.24) is 0 Å². The summed E-state index contributed by atoms with van der Waals surface area (Å²) in [5.41, 5.74) is 4.11. The number of nitrogens with zero attached hydrogens (tertiary/aromatic N) is 1. The zero-order valence-electron chi connectivity index (χ0n) is 12.3. The number of aryl methyl sites for hydroxylation is 2. The van der Waals surface area contributed by atoms with Crippen LogP contribution in [0.5, 0.6) is 0 Å². The number of pyridine rings is 1. The smallest absolute Gasteiger partial charge is 0.227 e. The van der Waals surface area contributed by atoms with Crippen molar-refractivity contribution < 1.29 is 9.36 Å². The summed E-state index contributed by atoms with van der Waals surface area (Å²) >= 11 is 0. The summed E-state index contributed by atoms with van der Waals surface area (Å²) in [6.45, 7) is 4.40. The number of benzene rings is 2. The van der Waals surface area contributed by atoms with Gasteiger partial charge in [-0.15, -0.1) is 0 Å². The van der Waals surface area contributed by atoms with E-state index in [4.69, 9.17) is 0 Å². The Morgan fingerprint density at radius 2 is 1.76 bits per heavy atom. The Balaban J connectivity index is 1.97. The fraction of sp³-hybridized carbons (Fsp3) is 0.158. The Labute approximate surface area is 124 Å². The molecule has 0 aliphatic heterocycles. The summed E-state index contributed by atoms with van der Waals surface area (Å²) in [6.07, 6.45) is 1.96. The maximum Gasteiger partial charge on any atom is 0.227 e. The van der Waals surface area contributed by atoms with Crippen LogP contribution in [0.1, 0.15) is 21.5 Å². The fourth-order valence-electron chi connectivity index (χ4n) is 2.73. The van der Waals surface area contributed by atoms with E-state index in [2.05, 4.69) is 18.2 Å². The quantitative estimate of drug-likeness (QED) is 0.528. The lowest BCUT2D eigenvalue weighted by Crippen LogP contribution is -2.38. The van der Waals surface area contributed by atoms with E-state index in [0.717, 1.165) is 22.0 Å². The van der Waals surface area contributed by atoms with Gasteiger partial charge in [0.1, 0.15) is 0 Å². The van der Waals surface area contributed by atoms with Crippen molar-refractivity contribution in [3.8, 4) is 0 Å². The number of fused-ring (bicyclic) bond motifs is 1. The molecule has 0 fully saturated rings. The molecule has 0 spiro atoms. The Morgan fingerprint density at radius 3 is 2.57 bits per heavy atom. The highest BCUT2D eigenvalue weighted by molar-refractivity contribution is 5.96. The van der Waals surface area contributed by atoms with Gasteiger partial charge in [-0.2, -0.15) is 4.57 Å². The number of hydrogen-bond acceptors (Lipinski definition) is 1. The molecule has 0 aliphatic rings. The molecule has 104 valence electrons. The van der Waals surface area contributed by atoms with E-state index < -0.39 is 0 Å². The summed E-state index contributed by atoms with van der Waals surface area (Å²) in [5, 5.41) is 1.15. The molecule has 2 aromatic carbocycles. The van der Waals surface area contributed by atoms with Gasteiger partial charge in [-0.1, -0.05) is 35.9 Å². The van der Waals surface area contributed by atoms with E-state index in [1.54, 1.807) is 0 Å². The summed E-state index contributed by atoms with van der Waals surface area (Å²) in [4.78, 5) is 12.6. The maximum atomic E-state index is 12.6. The van der Waals surface area contributed by atoms with Crippen molar-refractivity contribution in [3.05, 3.63) is 77.5 Å². The van der Waals surface area contributed by atoms with E-state index >= 15 is 0 Å². The van der Waals surface area contributed by atoms with Crippen LogP contribution in [0, 0.1) is 13.8 Å². The topological polar surface area (TPSA) is 20.9 Å². The van der Waals surface area contributed by atoms with Gasteiger partial charge >= 0.3 is 0 Å². The zero-order valence-corrected chi connectivity index (χ0v) is 12.3. The average Bonchev–Trinajstić information content (AvgIpc) is 2.47. The molecule has 3 rings (SSSR count). The van der Waals surface area contributed by atoms with Gasteiger partial charge in [0.15, 0.2) is 6.20 Å². The number of rotatable bonds is 3. The predicted octanol–water partition coefficient (Wildman–Crippen LogP) is 3.63. The number of carbonyl (C=O) groups excluding carboxylic acids is 1. The van der Waals surface area contributed by atoms with Crippen LogP contribution in [0.25, 0.3) is 10.9 Å². The molecule has 0 radical (unpaired) electrons. The van der Waals surface area contributed by atoms with Gasteiger partial charge in [0.05, 0.1) is 0 Å². The van der Waals surface area contributed by atoms with Crippen LogP contribution >= 0.6 is 0 Å². The zero-order chi connectivity index (χ0) is 14.8. The van der Waals surface area contributed by atoms with Gasteiger partial charge in [-0.3, -0.25) is 4.79 Å². The van der Waals surface area contributed by atoms with Crippen LogP contribution < -0.4 is 4.57 Å². The number of hydrogen-bond donors (Lipinski definition) is 0. The minimum atomic E-state index is 0.147. The van der Waals surface area contributed by atoms with Crippen LogP contribution in [0.2, 0.25) is 0 Å². The van der Waals surface area contributed by atoms with Crippen molar-refractivity contribution in [2.45, 2.75) is 20.4 Å². The normalized spacial score (nSPS) is 10.8. The summed E-state index contributed by atoms with van der Waals surface area (Å²) < 4.78 is 2.01. The van der Waals surface area contributed by atoms with Gasteiger partial charge in [0.2, 0.25) is 17.8 Å². The van der Waals surface area contributed by atoms with Gasteiger partial charge in [0.25, 0.3) is 0 Å². The first-order chi connectivity index (χ1) is 10.1. The van der Waals surface area contributed by atoms with E-state index in [1.807, 2.05) is 61.0 Å². The average molecular weight is 276 g/mol. The third kappa shape index (κ3) is 2.70. The first kappa shape index (κ1) is 13.5. The lowest BCUT2D eigenvalue weighted by atomic mass is 10.0. The molecular weight excluding hydrogens is 258 g/mol.